The minimum absolute atomic E-state index is 0. The number of benzene rings is 1. The molecule has 3 rings (SSSR count). The Labute approximate surface area is 117 Å². The predicted octanol–water partition coefficient (Wildman–Crippen LogP) is 2.68. The fourth-order valence-corrected chi connectivity index (χ4v) is 2.28. The van der Waals surface area contributed by atoms with Crippen molar-refractivity contribution in [3.63, 3.8) is 0 Å². The minimum Gasteiger partial charge on any atom is -0.327 e. The van der Waals surface area contributed by atoms with Crippen molar-refractivity contribution in [2.45, 2.75) is 13.0 Å². The van der Waals surface area contributed by atoms with Crippen molar-refractivity contribution in [1.29, 1.82) is 0 Å². The number of hydrogen-bond acceptors (Lipinski definition) is 2. The summed E-state index contributed by atoms with van der Waals surface area (Å²) in [6, 6.07) is 5.92. The number of imidazole rings is 1. The molecule has 0 amide bonds. The SMILES string of the molecule is Cl.Cl.Clc1ccc2c(c1)nc1n2CCNCC1. The van der Waals surface area contributed by atoms with Crippen LogP contribution < -0.4 is 5.32 Å². The summed E-state index contributed by atoms with van der Waals surface area (Å²) in [4.78, 5) is 4.61. The zero-order chi connectivity index (χ0) is 10.3. The normalized spacial score (nSPS) is 14.4. The van der Waals surface area contributed by atoms with Crippen molar-refractivity contribution in [1.82, 2.24) is 14.9 Å². The molecule has 3 nitrogen and oxygen atoms in total. The van der Waals surface area contributed by atoms with Gasteiger partial charge in [0.1, 0.15) is 5.82 Å². The molecule has 17 heavy (non-hydrogen) atoms. The van der Waals surface area contributed by atoms with E-state index in [9.17, 15) is 0 Å². The van der Waals surface area contributed by atoms with Crippen LogP contribution in [0.3, 0.4) is 0 Å². The zero-order valence-corrected chi connectivity index (χ0v) is 11.5. The second kappa shape index (κ2) is 5.91. The largest absolute Gasteiger partial charge is 0.327 e. The van der Waals surface area contributed by atoms with Gasteiger partial charge >= 0.3 is 0 Å². The molecule has 1 aromatic heterocycles. The summed E-state index contributed by atoms with van der Waals surface area (Å²) >= 11 is 5.95. The highest BCUT2D eigenvalue weighted by Gasteiger charge is 2.12. The first-order valence-corrected chi connectivity index (χ1v) is 5.58. The van der Waals surface area contributed by atoms with E-state index in [1.54, 1.807) is 0 Å². The van der Waals surface area contributed by atoms with Crippen molar-refractivity contribution in [3.05, 3.63) is 29.0 Å². The number of fused-ring (bicyclic) bond motifs is 3. The van der Waals surface area contributed by atoms with Crippen LogP contribution in [0.1, 0.15) is 5.82 Å². The Kier molecular flexibility index (Phi) is 5.07. The number of nitrogens with one attached hydrogen (secondary N) is 1. The highest BCUT2D eigenvalue weighted by molar-refractivity contribution is 6.31. The van der Waals surface area contributed by atoms with Crippen molar-refractivity contribution < 1.29 is 0 Å². The molecule has 0 bridgehead atoms. The Morgan fingerprint density at radius 2 is 2.06 bits per heavy atom. The van der Waals surface area contributed by atoms with Crippen LogP contribution in [0.25, 0.3) is 11.0 Å². The molecule has 0 fully saturated rings. The molecule has 1 N–H and O–H groups in total. The lowest BCUT2D eigenvalue weighted by molar-refractivity contribution is 0.657. The fourth-order valence-electron chi connectivity index (χ4n) is 2.11. The van der Waals surface area contributed by atoms with Gasteiger partial charge in [-0.05, 0) is 18.2 Å². The Hall–Kier alpha value is -0.480. The van der Waals surface area contributed by atoms with E-state index in [-0.39, 0.29) is 24.8 Å². The standard InChI is InChI=1S/C11H12ClN3.2ClH/c12-8-1-2-10-9(7-8)14-11-3-4-13-5-6-15(10)11;;/h1-2,7,13H,3-6H2;2*1H. The summed E-state index contributed by atoms with van der Waals surface area (Å²) in [5.41, 5.74) is 2.21. The highest BCUT2D eigenvalue weighted by Crippen LogP contribution is 2.21. The lowest BCUT2D eigenvalue weighted by Gasteiger charge is -2.03. The van der Waals surface area contributed by atoms with Gasteiger partial charge in [-0.15, -0.1) is 24.8 Å². The van der Waals surface area contributed by atoms with E-state index in [1.165, 1.54) is 5.52 Å². The van der Waals surface area contributed by atoms with E-state index in [0.717, 1.165) is 42.4 Å². The Morgan fingerprint density at radius 3 is 2.88 bits per heavy atom. The molecule has 2 aromatic rings. The van der Waals surface area contributed by atoms with Gasteiger partial charge in [0, 0.05) is 31.1 Å². The fraction of sp³-hybridized carbons (Fsp3) is 0.364. The van der Waals surface area contributed by atoms with E-state index >= 15 is 0 Å². The molecule has 1 aromatic carbocycles. The number of rotatable bonds is 0. The molecular weight excluding hydrogens is 281 g/mol. The highest BCUT2D eigenvalue weighted by atomic mass is 35.5. The predicted molar refractivity (Wildman–Crippen MR) is 75.8 cm³/mol. The molecule has 0 aliphatic carbocycles. The molecular formula is C11H14Cl3N3. The van der Waals surface area contributed by atoms with Crippen LogP contribution in [0.2, 0.25) is 5.02 Å². The Balaban J connectivity index is 0.000000722. The lowest BCUT2D eigenvalue weighted by Crippen LogP contribution is -2.17. The van der Waals surface area contributed by atoms with Crippen LogP contribution >= 0.6 is 36.4 Å². The van der Waals surface area contributed by atoms with Crippen LogP contribution in [0, 0.1) is 0 Å². The Morgan fingerprint density at radius 1 is 1.24 bits per heavy atom. The summed E-state index contributed by atoms with van der Waals surface area (Å²) in [6.45, 7) is 3.02. The van der Waals surface area contributed by atoms with E-state index in [1.807, 2.05) is 12.1 Å². The monoisotopic (exact) mass is 293 g/mol. The molecule has 94 valence electrons. The van der Waals surface area contributed by atoms with Crippen molar-refractivity contribution >= 4 is 47.4 Å². The van der Waals surface area contributed by atoms with Crippen molar-refractivity contribution in [3.8, 4) is 0 Å². The van der Waals surface area contributed by atoms with Gasteiger partial charge < -0.3 is 9.88 Å². The van der Waals surface area contributed by atoms with Crippen molar-refractivity contribution in [2.75, 3.05) is 13.1 Å². The zero-order valence-electron chi connectivity index (χ0n) is 9.15. The maximum atomic E-state index is 5.95. The van der Waals surface area contributed by atoms with Gasteiger partial charge in [0.25, 0.3) is 0 Å². The second-order valence-corrected chi connectivity index (χ2v) is 4.25. The van der Waals surface area contributed by atoms with Crippen LogP contribution in [-0.2, 0) is 13.0 Å². The lowest BCUT2D eigenvalue weighted by atomic mass is 10.3. The third kappa shape index (κ3) is 2.68. The van der Waals surface area contributed by atoms with Gasteiger partial charge in [-0.1, -0.05) is 11.6 Å². The summed E-state index contributed by atoms with van der Waals surface area (Å²) in [7, 11) is 0. The maximum Gasteiger partial charge on any atom is 0.111 e. The number of aromatic nitrogens is 2. The molecule has 0 atom stereocenters. The van der Waals surface area contributed by atoms with E-state index in [2.05, 4.69) is 20.9 Å². The summed E-state index contributed by atoms with van der Waals surface area (Å²) in [6.07, 6.45) is 0.992. The summed E-state index contributed by atoms with van der Waals surface area (Å²) in [5.74, 6) is 1.16. The first-order chi connectivity index (χ1) is 7.34. The van der Waals surface area contributed by atoms with Gasteiger partial charge in [0.2, 0.25) is 0 Å². The molecule has 6 heteroatoms. The average molecular weight is 295 g/mol. The van der Waals surface area contributed by atoms with E-state index < -0.39 is 0 Å². The molecule has 0 unspecified atom stereocenters. The third-order valence-corrected chi connectivity index (χ3v) is 3.06. The Bertz CT molecular complexity index is 510. The molecule has 0 saturated carbocycles. The smallest absolute Gasteiger partial charge is 0.111 e. The van der Waals surface area contributed by atoms with Crippen LogP contribution in [-0.4, -0.2) is 22.6 Å². The number of nitrogens with zero attached hydrogens (tertiary/aromatic N) is 2. The van der Waals surface area contributed by atoms with E-state index in [0.29, 0.717) is 0 Å². The molecule has 0 saturated heterocycles. The first kappa shape index (κ1) is 14.6. The average Bonchev–Trinajstić information content (AvgIpc) is 2.42. The molecule has 0 spiro atoms. The third-order valence-electron chi connectivity index (χ3n) is 2.83. The van der Waals surface area contributed by atoms with Gasteiger partial charge in [-0.2, -0.15) is 0 Å². The van der Waals surface area contributed by atoms with Gasteiger partial charge in [0.15, 0.2) is 0 Å². The van der Waals surface area contributed by atoms with Crippen LogP contribution in [0.5, 0.6) is 0 Å². The van der Waals surface area contributed by atoms with Gasteiger partial charge in [-0.25, -0.2) is 4.98 Å². The summed E-state index contributed by atoms with van der Waals surface area (Å²) < 4.78 is 2.28. The first-order valence-electron chi connectivity index (χ1n) is 5.20. The molecule has 1 aliphatic rings. The van der Waals surface area contributed by atoms with E-state index in [4.69, 9.17) is 11.6 Å². The number of halogens is 3. The van der Waals surface area contributed by atoms with Gasteiger partial charge in [-0.3, -0.25) is 0 Å². The summed E-state index contributed by atoms with van der Waals surface area (Å²) in [5, 5.41) is 4.13. The van der Waals surface area contributed by atoms with Gasteiger partial charge in [0.05, 0.1) is 11.0 Å². The second-order valence-electron chi connectivity index (χ2n) is 3.81. The van der Waals surface area contributed by atoms with Crippen LogP contribution in [0.15, 0.2) is 18.2 Å². The molecule has 2 heterocycles. The minimum atomic E-state index is 0. The quantitative estimate of drug-likeness (QED) is 0.809. The topological polar surface area (TPSA) is 29.9 Å². The molecule has 0 radical (unpaired) electrons. The number of hydrogen-bond donors (Lipinski definition) is 1. The maximum absolute atomic E-state index is 5.95. The van der Waals surface area contributed by atoms with Crippen LogP contribution in [0.4, 0.5) is 0 Å². The molecule has 1 aliphatic heterocycles. The van der Waals surface area contributed by atoms with Crippen molar-refractivity contribution in [2.24, 2.45) is 0 Å².